The molecule has 0 amide bonds. The lowest BCUT2D eigenvalue weighted by molar-refractivity contribution is 0.918. The van der Waals surface area contributed by atoms with Gasteiger partial charge in [0, 0.05) is 33.0 Å². The maximum atomic E-state index is 5.39. The van der Waals surface area contributed by atoms with Crippen LogP contribution in [0, 0.1) is 0 Å². The Morgan fingerprint density at radius 3 is 1.34 bits per heavy atom. The first kappa shape index (κ1) is 35.9. The highest BCUT2D eigenvalue weighted by atomic mass is 15.3. The molecule has 0 aliphatic heterocycles. The standard InChI is InChI=1S/C57H38N4/c1-5-15-39(16-6-1)40-29-35-47(36-30-40)57-58-52(44-19-9-3-10-20-44)38-53(59-57)45-31-25-41(26-32-45)42-27-33-46(34-28-42)55-54-51(43-17-7-2-8-18-43)37-48-21-13-14-24-50(48)56(54)61(60-55)49-22-11-4-12-23-49/h1-38H. The topological polar surface area (TPSA) is 43.6 Å². The fraction of sp³-hybridized carbons (Fsp3) is 0. The van der Waals surface area contributed by atoms with Gasteiger partial charge < -0.3 is 0 Å². The van der Waals surface area contributed by atoms with E-state index in [2.05, 4.69) is 205 Å². The van der Waals surface area contributed by atoms with Gasteiger partial charge in [-0.1, -0.05) is 206 Å². The summed E-state index contributed by atoms with van der Waals surface area (Å²) in [6.07, 6.45) is 0. The van der Waals surface area contributed by atoms with Crippen molar-refractivity contribution in [2.75, 3.05) is 0 Å². The fourth-order valence-electron chi connectivity index (χ4n) is 8.37. The Labute approximate surface area is 354 Å². The summed E-state index contributed by atoms with van der Waals surface area (Å²) in [5.74, 6) is 0.696. The first-order valence-corrected chi connectivity index (χ1v) is 20.6. The van der Waals surface area contributed by atoms with Gasteiger partial charge in [-0.25, -0.2) is 14.6 Å². The minimum absolute atomic E-state index is 0.696. The van der Waals surface area contributed by atoms with Crippen LogP contribution in [0.2, 0.25) is 0 Å². The SMILES string of the molecule is c1ccc(-c2ccc(-c3nc(-c4ccccc4)cc(-c4ccc(-c5ccc(-c6nn(-c7ccccc7)c7c6c(-c6ccccc6)cc6ccccc67)cc5)cc4)n3)cc2)cc1. The second kappa shape index (κ2) is 15.5. The number of rotatable bonds is 8. The fourth-order valence-corrected chi connectivity index (χ4v) is 8.37. The molecule has 0 spiro atoms. The van der Waals surface area contributed by atoms with Gasteiger partial charge in [0.15, 0.2) is 5.82 Å². The maximum Gasteiger partial charge on any atom is 0.160 e. The molecule has 61 heavy (non-hydrogen) atoms. The zero-order valence-electron chi connectivity index (χ0n) is 33.2. The van der Waals surface area contributed by atoms with Crippen molar-refractivity contribution in [3.8, 4) is 84.2 Å². The van der Waals surface area contributed by atoms with Crippen molar-refractivity contribution in [2.24, 2.45) is 0 Å². The molecule has 11 aromatic rings. The summed E-state index contributed by atoms with van der Waals surface area (Å²) in [7, 11) is 0. The van der Waals surface area contributed by atoms with Gasteiger partial charge in [-0.3, -0.25) is 0 Å². The predicted molar refractivity (Wildman–Crippen MR) is 252 cm³/mol. The van der Waals surface area contributed by atoms with E-state index in [0.29, 0.717) is 5.82 Å². The molecule has 0 fully saturated rings. The first-order chi connectivity index (χ1) is 30.2. The molecular formula is C57H38N4. The lowest BCUT2D eigenvalue weighted by Gasteiger charge is -2.11. The van der Waals surface area contributed by atoms with Crippen molar-refractivity contribution in [2.45, 2.75) is 0 Å². The highest BCUT2D eigenvalue weighted by Gasteiger charge is 2.21. The van der Waals surface area contributed by atoms with Crippen LogP contribution in [0.3, 0.4) is 0 Å². The quantitative estimate of drug-likeness (QED) is 0.154. The Balaban J connectivity index is 0.964. The Morgan fingerprint density at radius 2 is 0.754 bits per heavy atom. The third kappa shape index (κ3) is 6.86. The molecule has 2 heterocycles. The normalized spacial score (nSPS) is 11.3. The van der Waals surface area contributed by atoms with E-state index in [4.69, 9.17) is 15.1 Å². The molecule has 0 aliphatic carbocycles. The van der Waals surface area contributed by atoms with Crippen molar-refractivity contribution in [3.05, 3.63) is 231 Å². The molecule has 0 atom stereocenters. The van der Waals surface area contributed by atoms with Crippen molar-refractivity contribution >= 4 is 21.7 Å². The highest BCUT2D eigenvalue weighted by Crippen LogP contribution is 2.42. The van der Waals surface area contributed by atoms with Gasteiger partial charge in [-0.05, 0) is 63.0 Å². The first-order valence-electron chi connectivity index (χ1n) is 20.6. The second-order valence-corrected chi connectivity index (χ2v) is 15.3. The van der Waals surface area contributed by atoms with Gasteiger partial charge in [-0.2, -0.15) is 5.10 Å². The third-order valence-corrected chi connectivity index (χ3v) is 11.5. The molecule has 0 radical (unpaired) electrons. The largest absolute Gasteiger partial charge is 0.232 e. The molecular weight excluding hydrogens is 741 g/mol. The van der Waals surface area contributed by atoms with Crippen LogP contribution in [-0.2, 0) is 0 Å². The van der Waals surface area contributed by atoms with Gasteiger partial charge in [0.2, 0.25) is 0 Å². The monoisotopic (exact) mass is 778 g/mol. The molecule has 0 saturated heterocycles. The molecule has 0 unspecified atom stereocenters. The average Bonchev–Trinajstić information content (AvgIpc) is 3.76. The average molecular weight is 779 g/mol. The van der Waals surface area contributed by atoms with Crippen molar-refractivity contribution < 1.29 is 0 Å². The zero-order chi connectivity index (χ0) is 40.5. The minimum Gasteiger partial charge on any atom is -0.232 e. The molecule has 286 valence electrons. The summed E-state index contributed by atoms with van der Waals surface area (Å²) in [5, 5.41) is 8.88. The Kier molecular flexibility index (Phi) is 9.14. The summed E-state index contributed by atoms with van der Waals surface area (Å²) in [6.45, 7) is 0. The van der Waals surface area contributed by atoms with Crippen LogP contribution in [0.25, 0.3) is 106 Å². The third-order valence-electron chi connectivity index (χ3n) is 11.5. The Hall–Kier alpha value is -8.21. The minimum atomic E-state index is 0.696. The van der Waals surface area contributed by atoms with Gasteiger partial charge in [0.05, 0.1) is 22.6 Å². The Bertz CT molecular complexity index is 3290. The second-order valence-electron chi connectivity index (χ2n) is 15.3. The van der Waals surface area contributed by atoms with E-state index < -0.39 is 0 Å². The Morgan fingerprint density at radius 1 is 0.328 bits per heavy atom. The molecule has 2 aromatic heterocycles. The summed E-state index contributed by atoms with van der Waals surface area (Å²) in [6, 6.07) is 80.9. The van der Waals surface area contributed by atoms with Crippen molar-refractivity contribution in [1.82, 2.24) is 19.7 Å². The number of fused-ring (bicyclic) bond motifs is 3. The van der Waals surface area contributed by atoms with E-state index in [1.165, 1.54) is 21.9 Å². The number of benzene rings is 9. The van der Waals surface area contributed by atoms with Crippen LogP contribution in [0.5, 0.6) is 0 Å². The van der Waals surface area contributed by atoms with E-state index in [1.54, 1.807) is 0 Å². The van der Waals surface area contributed by atoms with E-state index in [-0.39, 0.29) is 0 Å². The van der Waals surface area contributed by atoms with Crippen LogP contribution in [0.15, 0.2) is 231 Å². The van der Waals surface area contributed by atoms with Gasteiger partial charge in [0.25, 0.3) is 0 Å². The van der Waals surface area contributed by atoms with E-state index in [9.17, 15) is 0 Å². The molecule has 0 saturated carbocycles. The maximum absolute atomic E-state index is 5.39. The highest BCUT2D eigenvalue weighted by molar-refractivity contribution is 6.17. The van der Waals surface area contributed by atoms with Crippen molar-refractivity contribution in [1.29, 1.82) is 0 Å². The van der Waals surface area contributed by atoms with E-state index in [0.717, 1.165) is 78.2 Å². The number of para-hydroxylation sites is 1. The molecule has 9 aromatic carbocycles. The zero-order valence-corrected chi connectivity index (χ0v) is 33.2. The summed E-state index contributed by atoms with van der Waals surface area (Å²) in [4.78, 5) is 10.2. The van der Waals surface area contributed by atoms with Gasteiger partial charge >= 0.3 is 0 Å². The molecule has 0 aliphatic rings. The lowest BCUT2D eigenvalue weighted by atomic mass is 9.93. The number of hydrogen-bond donors (Lipinski definition) is 0. The number of hydrogen-bond acceptors (Lipinski definition) is 3. The van der Waals surface area contributed by atoms with E-state index >= 15 is 0 Å². The van der Waals surface area contributed by atoms with Crippen LogP contribution in [0.1, 0.15) is 0 Å². The molecule has 11 rings (SSSR count). The summed E-state index contributed by atoms with van der Waals surface area (Å²) >= 11 is 0. The summed E-state index contributed by atoms with van der Waals surface area (Å²) < 4.78 is 2.12. The summed E-state index contributed by atoms with van der Waals surface area (Å²) in [5.41, 5.74) is 15.9. The number of nitrogens with zero attached hydrogens (tertiary/aromatic N) is 4. The smallest absolute Gasteiger partial charge is 0.160 e. The predicted octanol–water partition coefficient (Wildman–Crippen LogP) is 14.6. The van der Waals surface area contributed by atoms with Crippen LogP contribution >= 0.6 is 0 Å². The molecule has 4 heteroatoms. The molecule has 4 nitrogen and oxygen atoms in total. The van der Waals surface area contributed by atoms with Crippen LogP contribution < -0.4 is 0 Å². The van der Waals surface area contributed by atoms with Crippen LogP contribution in [0.4, 0.5) is 0 Å². The lowest BCUT2D eigenvalue weighted by Crippen LogP contribution is -1.96. The van der Waals surface area contributed by atoms with Crippen molar-refractivity contribution in [3.63, 3.8) is 0 Å². The van der Waals surface area contributed by atoms with Gasteiger partial charge in [-0.15, -0.1) is 0 Å². The van der Waals surface area contributed by atoms with Crippen LogP contribution in [-0.4, -0.2) is 19.7 Å². The van der Waals surface area contributed by atoms with Gasteiger partial charge in [0.1, 0.15) is 5.69 Å². The number of aromatic nitrogens is 4. The molecule has 0 bridgehead atoms. The molecule has 0 N–H and O–H groups in total. The van der Waals surface area contributed by atoms with E-state index in [1.807, 2.05) is 30.3 Å².